The molecule has 0 N–H and O–H groups in total. The molecule has 0 fully saturated rings. The zero-order chi connectivity index (χ0) is 29.8. The summed E-state index contributed by atoms with van der Waals surface area (Å²) in [6, 6.07) is 19.3. The van der Waals surface area contributed by atoms with E-state index in [-0.39, 0.29) is 17.7 Å². The summed E-state index contributed by atoms with van der Waals surface area (Å²) in [4.78, 5) is 32.1. The third-order valence-electron chi connectivity index (χ3n) is 6.59. The van der Waals surface area contributed by atoms with Crippen LogP contribution in [0.25, 0.3) is 6.08 Å². The first-order valence-electron chi connectivity index (χ1n) is 13.4. The van der Waals surface area contributed by atoms with E-state index in [9.17, 15) is 9.59 Å². The van der Waals surface area contributed by atoms with Crippen molar-refractivity contribution in [3.8, 4) is 11.5 Å². The van der Waals surface area contributed by atoms with E-state index in [0.717, 1.165) is 11.1 Å². The van der Waals surface area contributed by atoms with Gasteiger partial charge in [-0.05, 0) is 73.9 Å². The molecular weight excluding hydrogens is 595 g/mol. The monoisotopic (exact) mass is 622 g/mol. The average Bonchev–Trinajstić information content (AvgIpc) is 3.27. The molecule has 0 saturated carbocycles. The number of carbonyl (C=O) groups excluding carboxylic acids is 1. The van der Waals surface area contributed by atoms with Gasteiger partial charge in [0.05, 0.1) is 29.0 Å². The van der Waals surface area contributed by atoms with E-state index in [4.69, 9.17) is 37.4 Å². The number of fused-ring (bicyclic) bond motifs is 1. The molecule has 10 heteroatoms. The number of rotatable bonds is 9. The van der Waals surface area contributed by atoms with Gasteiger partial charge < -0.3 is 14.2 Å². The molecule has 0 aliphatic carbocycles. The fraction of sp³-hybridized carbons (Fsp3) is 0.219. The zero-order valence-corrected chi connectivity index (χ0v) is 25.6. The van der Waals surface area contributed by atoms with E-state index in [1.807, 2.05) is 55.5 Å². The summed E-state index contributed by atoms with van der Waals surface area (Å²) in [5, 5.41) is 1.10. The predicted octanol–water partition coefficient (Wildman–Crippen LogP) is 6.08. The van der Waals surface area contributed by atoms with E-state index in [1.165, 1.54) is 15.9 Å². The number of halogens is 2. The summed E-state index contributed by atoms with van der Waals surface area (Å²) in [5.41, 5.74) is 2.80. The molecule has 5 rings (SSSR count). The molecule has 42 heavy (non-hydrogen) atoms. The Labute approximate surface area is 256 Å². The fourth-order valence-electron chi connectivity index (χ4n) is 4.68. The number of nitrogens with zero attached hydrogens (tertiary/aromatic N) is 2. The van der Waals surface area contributed by atoms with E-state index in [2.05, 4.69) is 4.99 Å². The molecule has 4 aromatic rings. The van der Waals surface area contributed by atoms with Gasteiger partial charge in [0.15, 0.2) is 16.3 Å². The van der Waals surface area contributed by atoms with Gasteiger partial charge in [-0.25, -0.2) is 9.79 Å². The SMILES string of the molecule is CCOC(=O)C1=C(C)N=c2s/c(=C\c3ccc(OCc4ccc(Cl)cc4)c(OCC)c3)c(=O)n2C1c1ccccc1Cl. The molecule has 1 aliphatic rings. The van der Waals surface area contributed by atoms with Crippen molar-refractivity contribution in [3.05, 3.63) is 124 Å². The summed E-state index contributed by atoms with van der Waals surface area (Å²) in [6.45, 7) is 6.35. The Kier molecular flexibility index (Phi) is 9.16. The Morgan fingerprint density at radius 1 is 1.00 bits per heavy atom. The van der Waals surface area contributed by atoms with Crippen LogP contribution in [-0.2, 0) is 16.1 Å². The molecule has 0 spiro atoms. The third kappa shape index (κ3) is 6.16. The molecule has 1 aromatic heterocycles. The molecule has 3 aromatic carbocycles. The largest absolute Gasteiger partial charge is 0.490 e. The minimum absolute atomic E-state index is 0.191. The van der Waals surface area contributed by atoms with Crippen molar-refractivity contribution < 1.29 is 19.0 Å². The van der Waals surface area contributed by atoms with Gasteiger partial charge in [0.1, 0.15) is 12.6 Å². The summed E-state index contributed by atoms with van der Waals surface area (Å²) < 4.78 is 19.2. The van der Waals surface area contributed by atoms with Crippen LogP contribution in [0, 0.1) is 0 Å². The van der Waals surface area contributed by atoms with Gasteiger partial charge in [-0.2, -0.15) is 0 Å². The maximum Gasteiger partial charge on any atom is 0.338 e. The second-order valence-corrected chi connectivity index (χ2v) is 11.2. The van der Waals surface area contributed by atoms with Crippen LogP contribution in [0.2, 0.25) is 10.0 Å². The second kappa shape index (κ2) is 13.0. The van der Waals surface area contributed by atoms with Crippen LogP contribution in [-0.4, -0.2) is 23.8 Å². The van der Waals surface area contributed by atoms with Gasteiger partial charge in [0.25, 0.3) is 5.56 Å². The zero-order valence-electron chi connectivity index (χ0n) is 23.2. The molecule has 7 nitrogen and oxygen atoms in total. The minimum Gasteiger partial charge on any atom is -0.490 e. The highest BCUT2D eigenvalue weighted by Gasteiger charge is 2.34. The van der Waals surface area contributed by atoms with Gasteiger partial charge in [0, 0.05) is 10.0 Å². The van der Waals surface area contributed by atoms with Crippen molar-refractivity contribution in [2.45, 2.75) is 33.4 Å². The highest BCUT2D eigenvalue weighted by Crippen LogP contribution is 2.34. The highest BCUT2D eigenvalue weighted by atomic mass is 35.5. The van der Waals surface area contributed by atoms with E-state index >= 15 is 0 Å². The lowest BCUT2D eigenvalue weighted by molar-refractivity contribution is -0.139. The first-order valence-corrected chi connectivity index (χ1v) is 15.0. The molecule has 0 saturated heterocycles. The van der Waals surface area contributed by atoms with Gasteiger partial charge in [-0.3, -0.25) is 9.36 Å². The minimum atomic E-state index is -0.779. The third-order valence-corrected chi connectivity index (χ3v) is 8.17. The summed E-state index contributed by atoms with van der Waals surface area (Å²) >= 11 is 13.8. The molecule has 1 atom stereocenters. The summed E-state index contributed by atoms with van der Waals surface area (Å²) in [7, 11) is 0. The van der Waals surface area contributed by atoms with E-state index in [0.29, 0.717) is 55.4 Å². The van der Waals surface area contributed by atoms with Crippen LogP contribution < -0.4 is 24.4 Å². The van der Waals surface area contributed by atoms with Crippen LogP contribution in [0.1, 0.15) is 43.5 Å². The molecule has 0 bridgehead atoms. The number of hydrogen-bond acceptors (Lipinski definition) is 7. The molecule has 1 unspecified atom stereocenters. The van der Waals surface area contributed by atoms with Crippen LogP contribution in [0.4, 0.5) is 0 Å². The molecule has 216 valence electrons. The Morgan fingerprint density at radius 3 is 2.48 bits per heavy atom. The van der Waals surface area contributed by atoms with Crippen molar-refractivity contribution in [2.75, 3.05) is 13.2 Å². The normalized spacial score (nSPS) is 14.8. The smallest absolute Gasteiger partial charge is 0.338 e. The van der Waals surface area contributed by atoms with Gasteiger partial charge in [-0.1, -0.05) is 70.9 Å². The molecule has 0 radical (unpaired) electrons. The lowest BCUT2D eigenvalue weighted by Gasteiger charge is -2.25. The number of hydrogen-bond donors (Lipinski definition) is 0. The van der Waals surface area contributed by atoms with Crippen LogP contribution in [0.5, 0.6) is 11.5 Å². The number of carbonyl (C=O) groups is 1. The van der Waals surface area contributed by atoms with Gasteiger partial charge in [0.2, 0.25) is 0 Å². The number of ether oxygens (including phenoxy) is 3. The van der Waals surface area contributed by atoms with Crippen molar-refractivity contribution in [1.82, 2.24) is 4.57 Å². The maximum absolute atomic E-state index is 13.9. The molecule has 0 amide bonds. The average molecular weight is 624 g/mol. The fourth-order valence-corrected chi connectivity index (χ4v) is 6.09. The lowest BCUT2D eigenvalue weighted by Crippen LogP contribution is -2.40. The lowest BCUT2D eigenvalue weighted by atomic mass is 9.96. The topological polar surface area (TPSA) is 79.1 Å². The summed E-state index contributed by atoms with van der Waals surface area (Å²) in [5.74, 6) is 0.606. The number of esters is 1. The maximum atomic E-state index is 13.9. The predicted molar refractivity (Wildman–Crippen MR) is 165 cm³/mol. The van der Waals surface area contributed by atoms with Crippen molar-refractivity contribution >= 4 is 46.6 Å². The van der Waals surface area contributed by atoms with Crippen molar-refractivity contribution in [3.63, 3.8) is 0 Å². The number of allylic oxidation sites excluding steroid dienone is 1. The van der Waals surface area contributed by atoms with Gasteiger partial charge >= 0.3 is 5.97 Å². The molecular formula is C32H28Cl2N2O5S. The Bertz CT molecular complexity index is 1840. The van der Waals surface area contributed by atoms with E-state index < -0.39 is 12.0 Å². The van der Waals surface area contributed by atoms with Crippen molar-refractivity contribution in [2.24, 2.45) is 4.99 Å². The highest BCUT2D eigenvalue weighted by molar-refractivity contribution is 7.07. The van der Waals surface area contributed by atoms with Crippen LogP contribution in [0.3, 0.4) is 0 Å². The van der Waals surface area contributed by atoms with Crippen molar-refractivity contribution in [1.29, 1.82) is 0 Å². The Balaban J connectivity index is 1.56. The quantitative estimate of drug-likeness (QED) is 0.211. The molecule has 2 heterocycles. The first-order chi connectivity index (χ1) is 20.3. The number of benzene rings is 3. The Hall–Kier alpha value is -3.85. The van der Waals surface area contributed by atoms with Crippen LogP contribution >= 0.6 is 34.5 Å². The standard InChI is InChI=1S/C32H28Cl2N2O5S/c1-4-39-26-16-21(12-15-25(26)41-18-20-10-13-22(33)14-11-20)17-27-30(37)36-29(23-8-6-7-9-24(23)34)28(31(38)40-5-2)19(3)35-32(36)42-27/h6-17,29H,4-5,18H2,1-3H3/b27-17-. The first kappa shape index (κ1) is 29.6. The molecule has 1 aliphatic heterocycles. The number of thiazole rings is 1. The van der Waals surface area contributed by atoms with E-state index in [1.54, 1.807) is 38.1 Å². The Morgan fingerprint density at radius 2 is 1.76 bits per heavy atom. The van der Waals surface area contributed by atoms with Crippen LogP contribution in [0.15, 0.2) is 87.8 Å². The number of aromatic nitrogens is 1. The van der Waals surface area contributed by atoms with Gasteiger partial charge in [-0.15, -0.1) is 0 Å². The summed E-state index contributed by atoms with van der Waals surface area (Å²) in [6.07, 6.45) is 1.78. The second-order valence-electron chi connectivity index (χ2n) is 9.38.